The molecule has 2 aliphatic rings. The van der Waals surface area contributed by atoms with Crippen LogP contribution >= 0.6 is 0 Å². The zero-order chi connectivity index (χ0) is 24.4. The highest BCUT2D eigenvalue weighted by molar-refractivity contribution is 5.89. The van der Waals surface area contributed by atoms with Crippen molar-refractivity contribution in [2.75, 3.05) is 6.61 Å². The second kappa shape index (κ2) is 9.85. The molecule has 34 heavy (non-hydrogen) atoms. The Balaban J connectivity index is 1.41. The third-order valence-electron chi connectivity index (χ3n) is 6.88. The highest BCUT2D eigenvalue weighted by atomic mass is 16.5. The maximum Gasteiger partial charge on any atom is 0.407 e. The number of alkyl carbamates (subject to hydrolysis) is 1. The fraction of sp³-hybridized carbons (Fsp3) is 0.423. The molecule has 5 unspecified atom stereocenters. The zero-order valence-electron chi connectivity index (χ0n) is 19.5. The largest absolute Gasteiger partial charge is 0.481 e. The Morgan fingerprint density at radius 1 is 0.971 bits per heavy atom. The lowest BCUT2D eigenvalue weighted by Gasteiger charge is -2.24. The highest BCUT2D eigenvalue weighted by Crippen LogP contribution is 2.44. The molecule has 0 radical (unpaired) electrons. The van der Waals surface area contributed by atoms with Crippen LogP contribution in [0.15, 0.2) is 48.5 Å². The molecule has 8 heteroatoms. The van der Waals surface area contributed by atoms with E-state index in [1.54, 1.807) is 0 Å². The van der Waals surface area contributed by atoms with E-state index in [4.69, 9.17) is 9.47 Å². The van der Waals surface area contributed by atoms with Gasteiger partial charge in [0.15, 0.2) is 0 Å². The van der Waals surface area contributed by atoms with Crippen LogP contribution in [0.5, 0.6) is 0 Å². The van der Waals surface area contributed by atoms with E-state index in [0.29, 0.717) is 0 Å². The Bertz CT molecular complexity index is 1040. The summed E-state index contributed by atoms with van der Waals surface area (Å²) in [6.07, 6.45) is -1.63. The minimum absolute atomic E-state index is 0.0340. The number of carbonyl (C=O) groups is 3. The second-order valence-electron chi connectivity index (χ2n) is 9.06. The van der Waals surface area contributed by atoms with Crippen LogP contribution in [0.4, 0.5) is 4.79 Å². The summed E-state index contributed by atoms with van der Waals surface area (Å²) in [7, 11) is 0. The Morgan fingerprint density at radius 2 is 1.56 bits per heavy atom. The molecular weight excluding hydrogens is 436 g/mol. The molecule has 3 N–H and O–H groups in total. The van der Waals surface area contributed by atoms with Gasteiger partial charge in [-0.3, -0.25) is 9.59 Å². The molecule has 180 valence electrons. The minimum Gasteiger partial charge on any atom is -0.481 e. The van der Waals surface area contributed by atoms with Crippen molar-refractivity contribution in [1.29, 1.82) is 0 Å². The number of carboxylic acids is 1. The van der Waals surface area contributed by atoms with Crippen LogP contribution in [0.25, 0.3) is 11.1 Å². The van der Waals surface area contributed by atoms with Gasteiger partial charge in [-0.2, -0.15) is 0 Å². The molecular formula is C26H30N2O6. The summed E-state index contributed by atoms with van der Waals surface area (Å²) in [5.41, 5.74) is 4.34. The Morgan fingerprint density at radius 3 is 2.09 bits per heavy atom. The predicted octanol–water partition coefficient (Wildman–Crippen LogP) is 3.30. The van der Waals surface area contributed by atoms with Gasteiger partial charge in [0, 0.05) is 11.8 Å². The van der Waals surface area contributed by atoms with Crippen molar-refractivity contribution >= 4 is 18.0 Å². The number of amides is 2. The van der Waals surface area contributed by atoms with Gasteiger partial charge in [0.1, 0.15) is 12.6 Å². The first-order valence-electron chi connectivity index (χ1n) is 11.6. The van der Waals surface area contributed by atoms with Crippen molar-refractivity contribution in [2.24, 2.45) is 5.92 Å². The standard InChI is InChI=1S/C26H30N2O6/c1-14-15(2)34-16(3)24(14)28-25(31)22(12-23(29)30)27-26(32)33-13-21-19-10-6-4-8-17(19)18-9-5-7-11-20(18)21/h4-11,14-16,21-22,24H,12-13H2,1-3H3,(H,27,32)(H,28,31)(H,29,30). The van der Waals surface area contributed by atoms with E-state index >= 15 is 0 Å². The quantitative estimate of drug-likeness (QED) is 0.577. The molecule has 0 spiro atoms. The van der Waals surface area contributed by atoms with Gasteiger partial charge < -0.3 is 25.2 Å². The summed E-state index contributed by atoms with van der Waals surface area (Å²) in [5, 5.41) is 14.6. The molecule has 1 fully saturated rings. The topological polar surface area (TPSA) is 114 Å². The van der Waals surface area contributed by atoms with Gasteiger partial charge in [0.2, 0.25) is 5.91 Å². The molecule has 2 aromatic rings. The average Bonchev–Trinajstić information content (AvgIpc) is 3.25. The van der Waals surface area contributed by atoms with Gasteiger partial charge in [0.25, 0.3) is 0 Å². The highest BCUT2D eigenvalue weighted by Gasteiger charge is 2.39. The summed E-state index contributed by atoms with van der Waals surface area (Å²) < 4.78 is 11.2. The van der Waals surface area contributed by atoms with Crippen LogP contribution in [0.1, 0.15) is 44.2 Å². The van der Waals surface area contributed by atoms with Crippen LogP contribution < -0.4 is 10.6 Å². The van der Waals surface area contributed by atoms with E-state index in [0.717, 1.165) is 22.3 Å². The molecule has 1 aliphatic carbocycles. The fourth-order valence-corrected chi connectivity index (χ4v) is 4.95. The van der Waals surface area contributed by atoms with E-state index in [9.17, 15) is 19.5 Å². The number of fused-ring (bicyclic) bond motifs is 3. The third kappa shape index (κ3) is 4.77. The van der Waals surface area contributed by atoms with E-state index in [2.05, 4.69) is 10.6 Å². The smallest absolute Gasteiger partial charge is 0.407 e. The number of carboxylic acid groups (broad SMARTS) is 1. The minimum atomic E-state index is -1.26. The molecule has 1 heterocycles. The number of carbonyl (C=O) groups excluding carboxylic acids is 2. The monoisotopic (exact) mass is 466 g/mol. The van der Waals surface area contributed by atoms with Crippen LogP contribution in [0.2, 0.25) is 0 Å². The van der Waals surface area contributed by atoms with Gasteiger partial charge in [-0.05, 0) is 36.1 Å². The van der Waals surface area contributed by atoms with Crippen molar-refractivity contribution in [1.82, 2.24) is 10.6 Å². The number of ether oxygens (including phenoxy) is 2. The average molecular weight is 467 g/mol. The van der Waals surface area contributed by atoms with Crippen LogP contribution in [-0.4, -0.2) is 54.0 Å². The van der Waals surface area contributed by atoms with Crippen molar-refractivity contribution < 1.29 is 29.0 Å². The zero-order valence-corrected chi connectivity index (χ0v) is 19.5. The summed E-state index contributed by atoms with van der Waals surface area (Å²) in [4.78, 5) is 36.8. The first kappa shape index (κ1) is 23.8. The van der Waals surface area contributed by atoms with Crippen LogP contribution in [0, 0.1) is 5.92 Å². The van der Waals surface area contributed by atoms with Gasteiger partial charge in [0.05, 0.1) is 24.7 Å². The lowest BCUT2D eigenvalue weighted by Crippen LogP contribution is -2.53. The van der Waals surface area contributed by atoms with Gasteiger partial charge >= 0.3 is 12.1 Å². The summed E-state index contributed by atoms with van der Waals surface area (Å²) >= 11 is 0. The number of rotatable bonds is 7. The molecule has 1 saturated heterocycles. The molecule has 0 saturated carbocycles. The number of nitrogens with one attached hydrogen (secondary N) is 2. The summed E-state index contributed by atoms with van der Waals surface area (Å²) in [6.45, 7) is 5.82. The van der Waals surface area contributed by atoms with Crippen molar-refractivity contribution in [2.45, 2.75) is 57.4 Å². The van der Waals surface area contributed by atoms with Crippen molar-refractivity contribution in [3.63, 3.8) is 0 Å². The Labute approximate surface area is 198 Å². The molecule has 8 nitrogen and oxygen atoms in total. The maximum absolute atomic E-state index is 12.9. The van der Waals surface area contributed by atoms with Gasteiger partial charge in [-0.1, -0.05) is 55.5 Å². The van der Waals surface area contributed by atoms with Crippen molar-refractivity contribution in [3.05, 3.63) is 59.7 Å². The first-order chi connectivity index (χ1) is 16.3. The van der Waals surface area contributed by atoms with Crippen LogP contribution in [-0.2, 0) is 19.1 Å². The molecule has 5 atom stereocenters. The molecule has 0 bridgehead atoms. The van der Waals surface area contributed by atoms with Crippen molar-refractivity contribution in [3.8, 4) is 11.1 Å². The normalized spacial score (nSPS) is 24.1. The first-order valence-corrected chi connectivity index (χ1v) is 11.6. The van der Waals surface area contributed by atoms with E-state index in [-0.39, 0.29) is 36.7 Å². The summed E-state index contributed by atoms with van der Waals surface area (Å²) in [5.74, 6) is -1.85. The summed E-state index contributed by atoms with van der Waals surface area (Å²) in [6, 6.07) is 14.4. The van der Waals surface area contributed by atoms with Crippen LogP contribution in [0.3, 0.4) is 0 Å². The van der Waals surface area contributed by atoms with Gasteiger partial charge in [-0.25, -0.2) is 4.79 Å². The number of benzene rings is 2. The van der Waals surface area contributed by atoms with E-state index in [1.807, 2.05) is 69.3 Å². The molecule has 0 aromatic heterocycles. The van der Waals surface area contributed by atoms with E-state index < -0.39 is 30.4 Å². The lowest BCUT2D eigenvalue weighted by atomic mass is 9.96. The maximum atomic E-state index is 12.9. The predicted molar refractivity (Wildman–Crippen MR) is 125 cm³/mol. The molecule has 2 aromatic carbocycles. The number of hydrogen-bond acceptors (Lipinski definition) is 5. The molecule has 1 aliphatic heterocycles. The fourth-order valence-electron chi connectivity index (χ4n) is 4.95. The number of hydrogen-bond donors (Lipinski definition) is 3. The number of aliphatic carboxylic acids is 1. The van der Waals surface area contributed by atoms with Gasteiger partial charge in [-0.15, -0.1) is 0 Å². The second-order valence-corrected chi connectivity index (χ2v) is 9.06. The lowest BCUT2D eigenvalue weighted by molar-refractivity contribution is -0.140. The Kier molecular flexibility index (Phi) is 6.88. The molecule has 2 amide bonds. The Hall–Kier alpha value is -3.39. The third-order valence-corrected chi connectivity index (χ3v) is 6.88. The van der Waals surface area contributed by atoms with E-state index in [1.165, 1.54) is 0 Å². The molecule has 4 rings (SSSR count). The SMILES string of the molecule is CC1OC(C)C(NC(=O)C(CC(=O)O)NC(=O)OCC2c3ccccc3-c3ccccc32)C1C.